The molecule has 1 aliphatic heterocycles. The number of nitrogens with zero attached hydrogens (tertiary/aromatic N) is 4. The molecule has 23 heavy (non-hydrogen) atoms. The minimum Gasteiger partial charge on any atom is -0.472 e. The van der Waals surface area contributed by atoms with E-state index in [0.717, 1.165) is 37.6 Å². The van der Waals surface area contributed by atoms with Gasteiger partial charge in [0, 0.05) is 39.3 Å². The Morgan fingerprint density at radius 3 is 3.04 bits per heavy atom. The number of anilines is 2. The molecule has 1 atom stereocenters. The van der Waals surface area contributed by atoms with Gasteiger partial charge in [0.1, 0.15) is 24.2 Å². The molecular weight excluding hydrogens is 294 g/mol. The number of hydrogen-bond acceptors (Lipinski definition) is 6. The van der Waals surface area contributed by atoms with Gasteiger partial charge in [-0.25, -0.2) is 9.97 Å². The predicted molar refractivity (Wildman–Crippen MR) is 87.8 cm³/mol. The predicted octanol–water partition coefficient (Wildman–Crippen LogP) is 1.53. The Kier molecular flexibility index (Phi) is 4.45. The van der Waals surface area contributed by atoms with Crippen molar-refractivity contribution < 1.29 is 9.21 Å². The molecule has 0 aliphatic carbocycles. The maximum Gasteiger partial charge on any atom is 0.254 e. The van der Waals surface area contributed by atoms with Gasteiger partial charge in [0.2, 0.25) is 0 Å². The number of furan rings is 1. The average molecular weight is 315 g/mol. The van der Waals surface area contributed by atoms with Crippen LogP contribution in [-0.4, -0.2) is 49.1 Å². The van der Waals surface area contributed by atoms with E-state index in [4.69, 9.17) is 4.42 Å². The highest BCUT2D eigenvalue weighted by atomic mass is 16.3. The lowest BCUT2D eigenvalue weighted by Crippen LogP contribution is -2.48. The molecule has 3 rings (SSSR count). The van der Waals surface area contributed by atoms with E-state index in [1.54, 1.807) is 12.4 Å². The molecule has 0 spiro atoms. The molecular formula is C16H21N5O2. The first-order chi connectivity index (χ1) is 11.1. The summed E-state index contributed by atoms with van der Waals surface area (Å²) in [7, 11) is 3.91. The third kappa shape index (κ3) is 3.61. The summed E-state index contributed by atoms with van der Waals surface area (Å²) in [6, 6.07) is 3.74. The van der Waals surface area contributed by atoms with Gasteiger partial charge in [-0.05, 0) is 18.9 Å². The molecule has 7 nitrogen and oxygen atoms in total. The molecule has 1 amide bonds. The lowest BCUT2D eigenvalue weighted by Gasteiger charge is -2.34. The highest BCUT2D eigenvalue weighted by Crippen LogP contribution is 2.20. The molecule has 7 heteroatoms. The lowest BCUT2D eigenvalue weighted by atomic mass is 10.1. The van der Waals surface area contributed by atoms with Crippen molar-refractivity contribution in [3.63, 3.8) is 0 Å². The van der Waals surface area contributed by atoms with Crippen molar-refractivity contribution in [2.45, 2.75) is 18.9 Å². The van der Waals surface area contributed by atoms with E-state index in [1.165, 1.54) is 12.5 Å². The van der Waals surface area contributed by atoms with Crippen molar-refractivity contribution in [2.75, 3.05) is 37.0 Å². The topological polar surface area (TPSA) is 74.5 Å². The summed E-state index contributed by atoms with van der Waals surface area (Å²) in [6.07, 6.45) is 6.52. The van der Waals surface area contributed by atoms with Gasteiger partial charge in [0.15, 0.2) is 0 Å². The zero-order chi connectivity index (χ0) is 16.2. The Labute approximate surface area is 135 Å². The molecule has 0 radical (unpaired) electrons. The third-order valence-corrected chi connectivity index (χ3v) is 3.96. The van der Waals surface area contributed by atoms with Gasteiger partial charge in [-0.3, -0.25) is 4.79 Å². The number of piperidine rings is 1. The SMILES string of the molecule is CN(C)c1cc(N2CCCC(NC(=O)c3ccoc3)C2)ncn1. The maximum atomic E-state index is 12.1. The van der Waals surface area contributed by atoms with Crippen LogP contribution in [0.15, 0.2) is 35.4 Å². The largest absolute Gasteiger partial charge is 0.472 e. The van der Waals surface area contributed by atoms with Gasteiger partial charge in [-0.2, -0.15) is 0 Å². The van der Waals surface area contributed by atoms with Gasteiger partial charge in [-0.15, -0.1) is 0 Å². The third-order valence-electron chi connectivity index (χ3n) is 3.96. The Bertz CT molecular complexity index is 656. The van der Waals surface area contributed by atoms with Crippen LogP contribution in [0, 0.1) is 0 Å². The normalized spacial score (nSPS) is 17.8. The molecule has 0 aromatic carbocycles. The zero-order valence-electron chi connectivity index (χ0n) is 13.4. The first-order valence-corrected chi connectivity index (χ1v) is 7.71. The Morgan fingerprint density at radius 2 is 2.30 bits per heavy atom. The van der Waals surface area contributed by atoms with E-state index >= 15 is 0 Å². The quantitative estimate of drug-likeness (QED) is 0.922. The Balaban J connectivity index is 1.66. The Hall–Kier alpha value is -2.57. The molecule has 2 aromatic heterocycles. The van der Waals surface area contributed by atoms with Gasteiger partial charge >= 0.3 is 0 Å². The summed E-state index contributed by atoms with van der Waals surface area (Å²) in [5.74, 6) is 1.67. The second-order valence-electron chi connectivity index (χ2n) is 5.90. The number of carbonyl (C=O) groups excluding carboxylic acids is 1. The van der Waals surface area contributed by atoms with Crippen molar-refractivity contribution in [1.82, 2.24) is 15.3 Å². The van der Waals surface area contributed by atoms with E-state index in [2.05, 4.69) is 20.2 Å². The van der Waals surface area contributed by atoms with Crippen LogP contribution in [0.1, 0.15) is 23.2 Å². The molecule has 3 heterocycles. The van der Waals surface area contributed by atoms with E-state index < -0.39 is 0 Å². The fourth-order valence-electron chi connectivity index (χ4n) is 2.72. The van der Waals surface area contributed by atoms with Crippen molar-refractivity contribution in [2.24, 2.45) is 0 Å². The smallest absolute Gasteiger partial charge is 0.254 e. The van der Waals surface area contributed by atoms with Crippen molar-refractivity contribution in [3.05, 3.63) is 36.5 Å². The van der Waals surface area contributed by atoms with Crippen LogP contribution in [-0.2, 0) is 0 Å². The molecule has 2 aromatic rings. The van der Waals surface area contributed by atoms with Gasteiger partial charge in [0.25, 0.3) is 5.91 Å². The fourth-order valence-corrected chi connectivity index (χ4v) is 2.72. The second-order valence-corrected chi connectivity index (χ2v) is 5.90. The molecule has 0 saturated carbocycles. The van der Waals surface area contributed by atoms with Gasteiger partial charge < -0.3 is 19.5 Å². The van der Waals surface area contributed by atoms with Crippen LogP contribution in [0.3, 0.4) is 0 Å². The minimum absolute atomic E-state index is 0.0951. The lowest BCUT2D eigenvalue weighted by molar-refractivity contribution is 0.0932. The fraction of sp³-hybridized carbons (Fsp3) is 0.438. The number of hydrogen-bond donors (Lipinski definition) is 1. The number of aromatic nitrogens is 2. The minimum atomic E-state index is -0.0951. The van der Waals surface area contributed by atoms with E-state index in [9.17, 15) is 4.79 Å². The molecule has 1 unspecified atom stereocenters. The first kappa shape index (κ1) is 15.3. The van der Waals surface area contributed by atoms with E-state index in [-0.39, 0.29) is 11.9 Å². The van der Waals surface area contributed by atoms with Crippen molar-refractivity contribution >= 4 is 17.5 Å². The van der Waals surface area contributed by atoms with Gasteiger partial charge in [0.05, 0.1) is 11.8 Å². The van der Waals surface area contributed by atoms with Crippen LogP contribution < -0.4 is 15.1 Å². The van der Waals surface area contributed by atoms with Gasteiger partial charge in [-0.1, -0.05) is 0 Å². The molecule has 122 valence electrons. The summed E-state index contributed by atoms with van der Waals surface area (Å²) in [6.45, 7) is 1.68. The molecule has 1 saturated heterocycles. The van der Waals surface area contributed by atoms with Crippen LogP contribution in [0.5, 0.6) is 0 Å². The highest BCUT2D eigenvalue weighted by Gasteiger charge is 2.23. The molecule has 1 fully saturated rings. The van der Waals surface area contributed by atoms with E-state index in [0.29, 0.717) is 5.56 Å². The summed E-state index contributed by atoms with van der Waals surface area (Å²) in [4.78, 5) is 24.9. The number of amides is 1. The maximum absolute atomic E-state index is 12.1. The average Bonchev–Trinajstić information content (AvgIpc) is 3.10. The van der Waals surface area contributed by atoms with Crippen molar-refractivity contribution in [1.29, 1.82) is 0 Å². The molecule has 0 bridgehead atoms. The monoisotopic (exact) mass is 315 g/mol. The Morgan fingerprint density at radius 1 is 1.43 bits per heavy atom. The van der Waals surface area contributed by atoms with Crippen molar-refractivity contribution in [3.8, 4) is 0 Å². The molecule has 1 N–H and O–H groups in total. The standard InChI is InChI=1S/C16H21N5O2/c1-20(2)14-8-15(18-11-17-14)21-6-3-4-13(9-21)19-16(22)12-5-7-23-10-12/h5,7-8,10-11,13H,3-4,6,9H2,1-2H3,(H,19,22). The van der Waals surface area contributed by atoms with E-state index in [1.807, 2.05) is 25.1 Å². The number of carbonyl (C=O) groups is 1. The van der Waals surface area contributed by atoms with Crippen LogP contribution in [0.2, 0.25) is 0 Å². The first-order valence-electron chi connectivity index (χ1n) is 7.71. The zero-order valence-corrected chi connectivity index (χ0v) is 13.4. The number of nitrogens with one attached hydrogen (secondary N) is 1. The highest BCUT2D eigenvalue weighted by molar-refractivity contribution is 5.94. The van der Waals surface area contributed by atoms with Crippen LogP contribution in [0.25, 0.3) is 0 Å². The summed E-state index contributed by atoms with van der Waals surface area (Å²) < 4.78 is 4.96. The summed E-state index contributed by atoms with van der Waals surface area (Å²) in [5.41, 5.74) is 0.555. The summed E-state index contributed by atoms with van der Waals surface area (Å²) >= 11 is 0. The van der Waals surface area contributed by atoms with Crippen LogP contribution >= 0.6 is 0 Å². The summed E-state index contributed by atoms with van der Waals surface area (Å²) in [5, 5.41) is 3.06. The molecule has 1 aliphatic rings. The van der Waals surface area contributed by atoms with Crippen LogP contribution in [0.4, 0.5) is 11.6 Å². The second kappa shape index (κ2) is 6.68. The number of rotatable bonds is 4.